The monoisotopic (exact) mass is 499 g/mol. The number of rotatable bonds is 8. The lowest BCUT2D eigenvalue weighted by molar-refractivity contribution is -0.117. The highest BCUT2D eigenvalue weighted by atomic mass is 16.2. The van der Waals surface area contributed by atoms with Crippen LogP contribution in [0.15, 0.2) is 65.7 Å². The molecule has 1 amide bonds. The van der Waals surface area contributed by atoms with Crippen molar-refractivity contribution in [3.63, 3.8) is 0 Å². The molecule has 3 heterocycles. The molecule has 0 radical (unpaired) electrons. The van der Waals surface area contributed by atoms with E-state index in [9.17, 15) is 9.59 Å². The van der Waals surface area contributed by atoms with E-state index in [1.165, 1.54) is 25.9 Å². The van der Waals surface area contributed by atoms with Crippen molar-refractivity contribution in [2.45, 2.75) is 39.7 Å². The Hall–Kier alpha value is -4.14. The minimum Gasteiger partial charge on any atom is -0.368 e. The average Bonchev–Trinajstić information content (AvgIpc) is 3.23. The molecular weight excluding hydrogens is 466 g/mol. The Labute approximate surface area is 216 Å². The van der Waals surface area contributed by atoms with E-state index in [1.807, 2.05) is 24.3 Å². The Kier molecular flexibility index (Phi) is 7.20. The number of anilines is 3. The topological polar surface area (TPSA) is 87.8 Å². The molecule has 1 saturated heterocycles. The van der Waals surface area contributed by atoms with E-state index in [1.54, 1.807) is 12.4 Å². The van der Waals surface area contributed by atoms with Gasteiger partial charge in [0.2, 0.25) is 11.6 Å². The standard InChI is InChI=1S/C28H33N7O2/c1-3-4-5-22-8-10-23(11-9-22)30-25(36)20-35-28(37)34-15-14-29-26(27(34)31-35)33-18-16-32(17-19-33)24-12-6-21(2)7-13-24/h6-15H,3-5,16-20H2,1-2H3,(H,30,36). The molecular formula is C28H33N7O2. The molecule has 1 aliphatic rings. The summed E-state index contributed by atoms with van der Waals surface area (Å²) < 4.78 is 2.67. The van der Waals surface area contributed by atoms with Crippen molar-refractivity contribution >= 4 is 28.7 Å². The first-order valence-corrected chi connectivity index (χ1v) is 12.9. The fourth-order valence-corrected chi connectivity index (χ4v) is 4.67. The van der Waals surface area contributed by atoms with Crippen molar-refractivity contribution in [2.24, 2.45) is 0 Å². The van der Waals surface area contributed by atoms with E-state index < -0.39 is 0 Å². The molecule has 0 unspecified atom stereocenters. The Morgan fingerprint density at radius 1 is 0.973 bits per heavy atom. The Balaban J connectivity index is 1.27. The summed E-state index contributed by atoms with van der Waals surface area (Å²) >= 11 is 0. The van der Waals surface area contributed by atoms with E-state index in [4.69, 9.17) is 0 Å². The number of hydrogen-bond acceptors (Lipinski definition) is 6. The maximum absolute atomic E-state index is 13.0. The third-order valence-electron chi connectivity index (χ3n) is 6.81. The maximum atomic E-state index is 13.0. The molecule has 1 aliphatic heterocycles. The van der Waals surface area contributed by atoms with Gasteiger partial charge in [0.1, 0.15) is 6.54 Å². The van der Waals surface area contributed by atoms with E-state index in [2.05, 4.69) is 63.3 Å². The first kappa shape index (κ1) is 24.5. The zero-order chi connectivity index (χ0) is 25.8. The van der Waals surface area contributed by atoms with Gasteiger partial charge in [0.25, 0.3) is 0 Å². The van der Waals surface area contributed by atoms with Crippen LogP contribution in [0.2, 0.25) is 0 Å². The highest BCUT2D eigenvalue weighted by Gasteiger charge is 2.23. The van der Waals surface area contributed by atoms with Gasteiger partial charge >= 0.3 is 5.69 Å². The highest BCUT2D eigenvalue weighted by molar-refractivity contribution is 5.90. The molecule has 192 valence electrons. The lowest BCUT2D eigenvalue weighted by Gasteiger charge is -2.36. The minimum atomic E-state index is -0.359. The van der Waals surface area contributed by atoms with Crippen molar-refractivity contribution < 1.29 is 4.79 Å². The van der Waals surface area contributed by atoms with Crippen molar-refractivity contribution in [1.29, 1.82) is 0 Å². The second-order valence-electron chi connectivity index (χ2n) is 9.54. The number of piperazine rings is 1. The molecule has 9 heteroatoms. The number of unbranched alkanes of at least 4 members (excludes halogenated alkanes) is 1. The summed E-state index contributed by atoms with van der Waals surface area (Å²) in [5.41, 5.74) is 4.50. The van der Waals surface area contributed by atoms with Crippen LogP contribution in [0.4, 0.5) is 17.2 Å². The molecule has 0 atom stereocenters. The number of nitrogens with one attached hydrogen (secondary N) is 1. The average molecular weight is 500 g/mol. The summed E-state index contributed by atoms with van der Waals surface area (Å²) in [6.45, 7) is 7.30. The van der Waals surface area contributed by atoms with E-state index in [-0.39, 0.29) is 18.1 Å². The predicted molar refractivity (Wildman–Crippen MR) is 147 cm³/mol. The lowest BCUT2D eigenvalue weighted by atomic mass is 10.1. The van der Waals surface area contributed by atoms with Gasteiger partial charge in [-0.3, -0.25) is 4.79 Å². The molecule has 2 aromatic heterocycles. The number of amides is 1. The smallest absolute Gasteiger partial charge is 0.350 e. The Morgan fingerprint density at radius 2 is 1.68 bits per heavy atom. The Morgan fingerprint density at radius 3 is 2.38 bits per heavy atom. The SMILES string of the molecule is CCCCc1ccc(NC(=O)Cn2nc3c(N4CCN(c5ccc(C)cc5)CC4)nccn3c2=O)cc1. The van der Waals surface area contributed by atoms with Gasteiger partial charge in [0, 0.05) is 49.9 Å². The number of benzene rings is 2. The van der Waals surface area contributed by atoms with Crippen LogP contribution < -0.4 is 20.8 Å². The van der Waals surface area contributed by atoms with Crippen LogP contribution in [0.25, 0.3) is 5.65 Å². The molecule has 4 aromatic rings. The molecule has 2 aromatic carbocycles. The summed E-state index contributed by atoms with van der Waals surface area (Å²) in [5, 5.41) is 7.36. The first-order chi connectivity index (χ1) is 18.0. The summed E-state index contributed by atoms with van der Waals surface area (Å²) in [6, 6.07) is 16.4. The largest absolute Gasteiger partial charge is 0.368 e. The Bertz CT molecular complexity index is 1420. The van der Waals surface area contributed by atoms with Gasteiger partial charge in [0.15, 0.2) is 5.82 Å². The first-order valence-electron chi connectivity index (χ1n) is 12.9. The van der Waals surface area contributed by atoms with Crippen molar-refractivity contribution in [1.82, 2.24) is 19.2 Å². The normalized spacial score (nSPS) is 13.8. The van der Waals surface area contributed by atoms with Crippen LogP contribution in [0.3, 0.4) is 0 Å². The number of fused-ring (bicyclic) bond motifs is 1. The predicted octanol–water partition coefficient (Wildman–Crippen LogP) is 3.51. The second-order valence-corrected chi connectivity index (χ2v) is 9.54. The van der Waals surface area contributed by atoms with Gasteiger partial charge in [0.05, 0.1) is 0 Å². The highest BCUT2D eigenvalue weighted by Crippen LogP contribution is 2.21. The van der Waals surface area contributed by atoms with Crippen LogP contribution in [-0.2, 0) is 17.8 Å². The van der Waals surface area contributed by atoms with E-state index in [0.29, 0.717) is 17.2 Å². The zero-order valence-corrected chi connectivity index (χ0v) is 21.4. The number of carbonyl (C=O) groups excluding carboxylic acids is 1. The van der Waals surface area contributed by atoms with Crippen LogP contribution in [0.5, 0.6) is 0 Å². The summed E-state index contributed by atoms with van der Waals surface area (Å²) in [5.74, 6) is 0.359. The molecule has 9 nitrogen and oxygen atoms in total. The van der Waals surface area contributed by atoms with Gasteiger partial charge in [-0.05, 0) is 49.6 Å². The van der Waals surface area contributed by atoms with Crippen molar-refractivity contribution in [3.05, 3.63) is 82.5 Å². The number of carbonyl (C=O) groups is 1. The fraction of sp³-hybridized carbons (Fsp3) is 0.357. The molecule has 0 saturated carbocycles. The number of aromatic nitrogens is 4. The third kappa shape index (κ3) is 5.50. The molecule has 0 bridgehead atoms. The fourth-order valence-electron chi connectivity index (χ4n) is 4.67. The maximum Gasteiger partial charge on any atom is 0.350 e. The molecule has 1 N–H and O–H groups in total. The van der Waals surface area contributed by atoms with Crippen molar-refractivity contribution in [3.8, 4) is 0 Å². The van der Waals surface area contributed by atoms with Gasteiger partial charge in [-0.2, -0.15) is 0 Å². The summed E-state index contributed by atoms with van der Waals surface area (Å²) in [7, 11) is 0. The molecule has 5 rings (SSSR count). The van der Waals surface area contributed by atoms with E-state index in [0.717, 1.165) is 45.4 Å². The van der Waals surface area contributed by atoms with Crippen LogP contribution >= 0.6 is 0 Å². The van der Waals surface area contributed by atoms with Crippen LogP contribution in [0, 0.1) is 6.92 Å². The molecule has 1 fully saturated rings. The third-order valence-corrected chi connectivity index (χ3v) is 6.81. The number of hydrogen-bond donors (Lipinski definition) is 1. The van der Waals surface area contributed by atoms with Crippen LogP contribution in [0.1, 0.15) is 30.9 Å². The molecule has 37 heavy (non-hydrogen) atoms. The quantitative estimate of drug-likeness (QED) is 0.399. The molecule has 0 aliphatic carbocycles. The summed E-state index contributed by atoms with van der Waals surface area (Å²) in [6.07, 6.45) is 6.52. The minimum absolute atomic E-state index is 0.168. The van der Waals surface area contributed by atoms with Gasteiger partial charge < -0.3 is 15.1 Å². The van der Waals surface area contributed by atoms with Gasteiger partial charge in [-0.1, -0.05) is 43.2 Å². The van der Waals surface area contributed by atoms with E-state index >= 15 is 0 Å². The van der Waals surface area contributed by atoms with Gasteiger partial charge in [-0.25, -0.2) is 18.9 Å². The number of nitrogens with zero attached hydrogens (tertiary/aromatic N) is 6. The summed E-state index contributed by atoms with van der Waals surface area (Å²) in [4.78, 5) is 34.7. The van der Waals surface area contributed by atoms with Crippen molar-refractivity contribution in [2.75, 3.05) is 41.3 Å². The lowest BCUT2D eigenvalue weighted by Crippen LogP contribution is -2.47. The van der Waals surface area contributed by atoms with Gasteiger partial charge in [-0.15, -0.1) is 5.10 Å². The second kappa shape index (κ2) is 10.9. The number of aryl methyl sites for hydroxylation is 2. The van der Waals surface area contributed by atoms with Crippen LogP contribution in [-0.4, -0.2) is 51.3 Å². The zero-order valence-electron chi connectivity index (χ0n) is 21.4. The molecule has 0 spiro atoms.